The molecule has 9 N–H and O–H groups in total. The number of imidazole rings is 1. The highest BCUT2D eigenvalue weighted by molar-refractivity contribution is 8.06. The molecule has 3 heterocycles. The first-order chi connectivity index (χ1) is 38.9. The van der Waals surface area contributed by atoms with Gasteiger partial charge in [0, 0.05) is 68.5 Å². The van der Waals surface area contributed by atoms with Crippen LogP contribution in [-0.2, 0) is 56.1 Å². The lowest BCUT2D eigenvalue weighted by Crippen LogP contribution is -2.38. The molecule has 2 amide bonds. The SMILES string of the molecule is CC.CN(CCOCCOCCOCCOCCOCCN(N)/C1=C(\N)c2ccccc2N(C(=O)CCC(=O)NCCCCCCOP(O)(O)=S)Cc2ccccc21)c1ccc(-c2cc(=O)c3ccc4[nH]cnc4c3o2)cc1.CO. The first kappa shape index (κ1) is 64.7. The number of likely N-dealkylation sites (N-methyl/N-ethyl adjacent to an activating group) is 1. The zero-order valence-corrected chi connectivity index (χ0v) is 48.0. The summed E-state index contributed by atoms with van der Waals surface area (Å²) in [7, 11) is 2.99. The van der Waals surface area contributed by atoms with Gasteiger partial charge in [0.1, 0.15) is 11.3 Å². The predicted molar refractivity (Wildman–Crippen MR) is 316 cm³/mol. The summed E-state index contributed by atoms with van der Waals surface area (Å²) in [6, 6.07) is 28.0. The molecule has 0 saturated heterocycles. The van der Waals surface area contributed by atoms with Gasteiger partial charge in [-0.05, 0) is 72.7 Å². The summed E-state index contributed by atoms with van der Waals surface area (Å²) in [5.41, 5.74) is 14.4. The fourth-order valence-corrected chi connectivity index (χ4v) is 9.14. The van der Waals surface area contributed by atoms with Gasteiger partial charge in [0.2, 0.25) is 11.8 Å². The maximum Gasteiger partial charge on any atom is 0.321 e. The van der Waals surface area contributed by atoms with Crippen LogP contribution in [0.1, 0.15) is 69.1 Å². The molecule has 7 rings (SSSR count). The van der Waals surface area contributed by atoms with E-state index in [9.17, 15) is 14.4 Å². The van der Waals surface area contributed by atoms with E-state index in [4.69, 9.17) is 59.1 Å². The minimum Gasteiger partial charge on any atom is -0.453 e. The van der Waals surface area contributed by atoms with Crippen LogP contribution in [0.15, 0.2) is 107 Å². The number of nitrogens with one attached hydrogen (secondary N) is 2. The van der Waals surface area contributed by atoms with Gasteiger partial charge in [0.25, 0.3) is 0 Å². The maximum atomic E-state index is 13.8. The highest BCUT2D eigenvalue weighted by atomic mass is 32.5. The fraction of sp³-hybridized carbons (Fsp3) is 0.439. The number of aliphatic hydroxyl groups excluding tert-OH is 1. The summed E-state index contributed by atoms with van der Waals surface area (Å²) in [6.45, 7) is 6.44. The lowest BCUT2D eigenvalue weighted by Gasteiger charge is -2.33. The van der Waals surface area contributed by atoms with Crippen LogP contribution in [0.5, 0.6) is 0 Å². The topological polar surface area (TPSA) is 283 Å². The summed E-state index contributed by atoms with van der Waals surface area (Å²) >= 11 is 4.45. The second-order valence-corrected chi connectivity index (χ2v) is 20.6. The van der Waals surface area contributed by atoms with Crippen LogP contribution in [0.2, 0.25) is 0 Å². The van der Waals surface area contributed by atoms with E-state index in [0.29, 0.717) is 137 Å². The van der Waals surface area contributed by atoms with E-state index in [2.05, 4.69) is 32.0 Å². The summed E-state index contributed by atoms with van der Waals surface area (Å²) in [5, 5.41) is 12.0. The van der Waals surface area contributed by atoms with Gasteiger partial charge in [0.05, 0.1) is 120 Å². The number of aromatic nitrogens is 2. The highest BCUT2D eigenvalue weighted by Crippen LogP contribution is 2.38. The smallest absolute Gasteiger partial charge is 0.321 e. The number of aromatic amines is 1. The molecule has 21 nitrogen and oxygen atoms in total. The molecule has 1 aliphatic rings. The Bertz CT molecular complexity index is 2970. The molecule has 4 aromatic carbocycles. The number of carbonyl (C=O) groups is 2. The third kappa shape index (κ3) is 20.2. The van der Waals surface area contributed by atoms with E-state index in [1.54, 1.807) is 22.3 Å². The molecule has 0 fully saturated rings. The number of H-pyrrole nitrogens is 1. The molecule has 436 valence electrons. The van der Waals surface area contributed by atoms with Crippen LogP contribution in [-0.4, -0.2) is 148 Å². The van der Waals surface area contributed by atoms with Crippen LogP contribution in [0.3, 0.4) is 0 Å². The lowest BCUT2D eigenvalue weighted by molar-refractivity contribution is -0.125. The van der Waals surface area contributed by atoms with Gasteiger partial charge in [-0.15, -0.1) is 0 Å². The van der Waals surface area contributed by atoms with Crippen molar-refractivity contribution >= 4 is 75.1 Å². The number of ether oxygens (including phenoxy) is 5. The van der Waals surface area contributed by atoms with Crippen molar-refractivity contribution in [3.05, 3.63) is 124 Å². The maximum absolute atomic E-state index is 13.8. The van der Waals surface area contributed by atoms with Gasteiger partial charge in [0.15, 0.2) is 11.0 Å². The van der Waals surface area contributed by atoms with Gasteiger partial charge >= 0.3 is 6.72 Å². The first-order valence-corrected chi connectivity index (χ1v) is 29.5. The van der Waals surface area contributed by atoms with Gasteiger partial charge in [-0.3, -0.25) is 14.4 Å². The Morgan fingerprint density at radius 1 is 0.775 bits per heavy atom. The minimum absolute atomic E-state index is 0.00490. The van der Waals surface area contributed by atoms with Crippen molar-refractivity contribution in [3.63, 3.8) is 0 Å². The summed E-state index contributed by atoms with van der Waals surface area (Å²) in [4.78, 5) is 68.8. The number of nitrogens with zero attached hydrogens (tertiary/aromatic N) is 4. The molecule has 1 aliphatic heterocycles. The molecule has 0 bridgehead atoms. The van der Waals surface area contributed by atoms with E-state index in [0.717, 1.165) is 54.3 Å². The van der Waals surface area contributed by atoms with E-state index in [1.807, 2.05) is 99.8 Å². The molecule has 6 aromatic rings. The quantitative estimate of drug-likeness (QED) is 0.0100. The molecule has 0 saturated carbocycles. The average Bonchev–Trinajstić information content (AvgIpc) is 3.99. The predicted octanol–water partition coefficient (Wildman–Crippen LogP) is 6.68. The van der Waals surface area contributed by atoms with Crippen LogP contribution >= 0.6 is 6.72 Å². The standard InChI is InChI=1S/C54H69N8O12PS.C2H6.CH4O/c1-60(41-16-14-39(15-17-41)48-36-47(63)44-18-19-45-52(54(44)74-48)59-38-58-45)23-26-68-28-30-70-32-34-72-35-33-71-31-29-69-27-24-62(56)53-42-11-5-4-10-40(42)37-61(46-13-7-6-12-43(46)51(53)55)50(65)21-20-49(64)57-22-8-2-3-9-25-73-75(66,67)76;2*1-2/h4-7,10-19,36,38H,2-3,8-9,20-35,37,55-56H2,1H3,(H,57,64)(H,58,59)(H2,66,67,76);1-2H3;2H,1H3/b53-51-;;. The number of hydrazine groups is 1. The Kier molecular flexibility index (Phi) is 28.2. The van der Waals surface area contributed by atoms with Gasteiger partial charge < -0.3 is 78.4 Å². The molecule has 0 radical (unpaired) electrons. The monoisotopic (exact) mass is 1150 g/mol. The van der Waals surface area contributed by atoms with Crippen molar-refractivity contribution in [2.75, 3.05) is 116 Å². The van der Waals surface area contributed by atoms with Gasteiger partial charge in [-0.25, -0.2) is 10.8 Å². The zero-order valence-electron chi connectivity index (χ0n) is 46.3. The van der Waals surface area contributed by atoms with Crippen LogP contribution in [0, 0.1) is 0 Å². The second-order valence-electron chi connectivity index (χ2n) is 17.9. The van der Waals surface area contributed by atoms with Crippen LogP contribution in [0.4, 0.5) is 11.4 Å². The number of hydrogen-bond acceptors (Lipinski definition) is 17. The first-order valence-electron chi connectivity index (χ1n) is 26.9. The van der Waals surface area contributed by atoms with Crippen molar-refractivity contribution in [2.24, 2.45) is 11.6 Å². The molecule has 0 aliphatic carbocycles. The number of carbonyl (C=O) groups excluding carboxylic acids is 2. The normalized spacial score (nSPS) is 13.1. The Labute approximate surface area is 473 Å². The van der Waals surface area contributed by atoms with Crippen molar-refractivity contribution in [2.45, 2.75) is 58.9 Å². The van der Waals surface area contributed by atoms with Crippen LogP contribution in [0.25, 0.3) is 44.7 Å². The molecular formula is C57H79N8O13PS. The average molecular weight is 1150 g/mol. The van der Waals surface area contributed by atoms with E-state index in [1.165, 1.54) is 6.07 Å². The minimum atomic E-state index is -3.63. The summed E-state index contributed by atoms with van der Waals surface area (Å²) in [5.74, 6) is 6.78. The third-order valence-corrected chi connectivity index (χ3v) is 13.4. The van der Waals surface area contributed by atoms with Gasteiger partial charge in [-0.1, -0.05) is 69.2 Å². The Hall–Kier alpha value is -6.11. The number of benzene rings is 4. The van der Waals surface area contributed by atoms with Crippen LogP contribution < -0.4 is 32.1 Å². The molecule has 80 heavy (non-hydrogen) atoms. The van der Waals surface area contributed by atoms with Crippen molar-refractivity contribution in [3.8, 4) is 11.3 Å². The van der Waals surface area contributed by atoms with E-state index >= 15 is 0 Å². The summed E-state index contributed by atoms with van der Waals surface area (Å²) < 4.78 is 39.6. The lowest BCUT2D eigenvalue weighted by atomic mass is 9.95. The van der Waals surface area contributed by atoms with Crippen molar-refractivity contribution in [1.82, 2.24) is 20.3 Å². The highest BCUT2D eigenvalue weighted by Gasteiger charge is 2.28. The van der Waals surface area contributed by atoms with E-state index < -0.39 is 6.72 Å². The Morgan fingerprint density at radius 2 is 1.38 bits per heavy atom. The number of unbranched alkanes of at least 4 members (excludes halogenated alkanes) is 3. The van der Waals surface area contributed by atoms with Crippen molar-refractivity contribution < 1.29 is 57.1 Å². The van der Waals surface area contributed by atoms with Gasteiger partial charge in [-0.2, -0.15) is 0 Å². The number of hydrogen-bond donors (Lipinski definition) is 7. The Morgan fingerprint density at radius 3 is 2.04 bits per heavy atom. The zero-order chi connectivity index (χ0) is 57.7. The molecule has 0 spiro atoms. The third-order valence-electron chi connectivity index (χ3n) is 12.6. The second kappa shape index (κ2) is 34.9. The largest absolute Gasteiger partial charge is 0.453 e. The summed E-state index contributed by atoms with van der Waals surface area (Å²) in [6.07, 6.45) is 4.60. The number of anilines is 2. The number of aliphatic hydroxyl groups is 1. The fourth-order valence-electron chi connectivity index (χ4n) is 8.55. The molecule has 0 atom stereocenters. The number of para-hydroxylation sites is 1. The molecular weight excluding hydrogens is 1070 g/mol. The molecule has 0 unspecified atom stereocenters. The molecule has 23 heteroatoms. The Balaban J connectivity index is 0.00000287. The number of nitrogens with two attached hydrogens (primary N) is 2. The number of rotatable bonds is 32. The van der Waals surface area contributed by atoms with Crippen molar-refractivity contribution in [1.29, 1.82) is 0 Å². The number of fused-ring (bicyclic) bond motifs is 5. The molecule has 2 aromatic heterocycles. The van der Waals surface area contributed by atoms with E-state index in [-0.39, 0.29) is 43.2 Å². The number of amides is 2.